The van der Waals surface area contributed by atoms with Crippen LogP contribution in [0.1, 0.15) is 6.92 Å². The summed E-state index contributed by atoms with van der Waals surface area (Å²) in [6.45, 7) is 2.50. The molecule has 4 nitrogen and oxygen atoms in total. The third-order valence-electron chi connectivity index (χ3n) is 2.59. The summed E-state index contributed by atoms with van der Waals surface area (Å²) in [5, 5.41) is 2.89. The summed E-state index contributed by atoms with van der Waals surface area (Å²) in [6.07, 6.45) is 1.07. The highest BCUT2D eigenvalue weighted by Gasteiger charge is 2.15. The average Bonchev–Trinajstić information content (AvgIpc) is 2.41. The number of anilines is 3. The van der Waals surface area contributed by atoms with Crippen molar-refractivity contribution >= 4 is 17.5 Å². The van der Waals surface area contributed by atoms with Crippen molar-refractivity contribution in [2.75, 3.05) is 23.8 Å². The van der Waals surface area contributed by atoms with Gasteiger partial charge in [-0.3, -0.25) is 0 Å². The number of nitrogens with zero attached hydrogens (tertiary/aromatic N) is 3. The molecule has 1 N–H and O–H groups in total. The molecule has 1 heterocycles. The van der Waals surface area contributed by atoms with E-state index in [0.717, 1.165) is 6.20 Å². The van der Waals surface area contributed by atoms with E-state index >= 15 is 0 Å². The van der Waals surface area contributed by atoms with E-state index < -0.39 is 11.6 Å². The van der Waals surface area contributed by atoms with Gasteiger partial charge >= 0.3 is 0 Å². The summed E-state index contributed by atoms with van der Waals surface area (Å²) in [5.74, 6) is -0.710. The fraction of sp³-hybridized carbons (Fsp3) is 0.231. The molecule has 0 saturated carbocycles. The van der Waals surface area contributed by atoms with Crippen LogP contribution >= 0.6 is 0 Å². The molecule has 0 amide bonds. The Morgan fingerprint density at radius 2 is 1.95 bits per heavy atom. The van der Waals surface area contributed by atoms with Gasteiger partial charge in [-0.15, -0.1) is 0 Å². The van der Waals surface area contributed by atoms with Crippen molar-refractivity contribution in [1.29, 1.82) is 0 Å². The van der Waals surface area contributed by atoms with Gasteiger partial charge < -0.3 is 10.2 Å². The maximum absolute atomic E-state index is 13.8. The number of hydrogen-bond donors (Lipinski definition) is 1. The van der Waals surface area contributed by atoms with Gasteiger partial charge in [-0.2, -0.15) is 4.98 Å². The summed E-state index contributed by atoms with van der Waals surface area (Å²) in [5.41, 5.74) is 0.252. The van der Waals surface area contributed by atoms with E-state index in [0.29, 0.717) is 12.5 Å². The van der Waals surface area contributed by atoms with E-state index in [2.05, 4.69) is 15.3 Å². The monoisotopic (exact) mass is 264 g/mol. The average molecular weight is 264 g/mol. The predicted molar refractivity (Wildman–Crippen MR) is 70.6 cm³/mol. The standard InChI is InChI=1S/C13H14F2N4/c1-3-16-13-17-8-10(15)12(18-13)19(2)11-7-5-4-6-9(11)14/h4-8H,3H2,1-2H3,(H,16,17,18). The number of aromatic nitrogens is 2. The fourth-order valence-electron chi connectivity index (χ4n) is 1.67. The number of para-hydroxylation sites is 1. The van der Waals surface area contributed by atoms with Gasteiger partial charge in [0.2, 0.25) is 5.95 Å². The Morgan fingerprint density at radius 1 is 1.21 bits per heavy atom. The van der Waals surface area contributed by atoms with E-state index in [1.54, 1.807) is 25.2 Å². The van der Waals surface area contributed by atoms with Gasteiger partial charge in [-0.05, 0) is 19.1 Å². The van der Waals surface area contributed by atoms with Crippen molar-refractivity contribution < 1.29 is 8.78 Å². The minimum Gasteiger partial charge on any atom is -0.354 e. The highest BCUT2D eigenvalue weighted by Crippen LogP contribution is 2.26. The van der Waals surface area contributed by atoms with Crippen LogP contribution in [0.5, 0.6) is 0 Å². The second-order valence-corrected chi connectivity index (χ2v) is 3.91. The molecule has 0 aliphatic carbocycles. The third-order valence-corrected chi connectivity index (χ3v) is 2.59. The smallest absolute Gasteiger partial charge is 0.224 e. The maximum Gasteiger partial charge on any atom is 0.224 e. The molecule has 0 atom stereocenters. The lowest BCUT2D eigenvalue weighted by Gasteiger charge is -2.19. The summed E-state index contributed by atoms with van der Waals surface area (Å²) in [4.78, 5) is 9.21. The first-order valence-electron chi connectivity index (χ1n) is 5.88. The van der Waals surface area contributed by atoms with Crippen LogP contribution in [0.4, 0.5) is 26.2 Å². The Hall–Kier alpha value is -2.24. The van der Waals surface area contributed by atoms with E-state index in [1.807, 2.05) is 6.92 Å². The van der Waals surface area contributed by atoms with Crippen LogP contribution in [-0.4, -0.2) is 23.6 Å². The molecule has 0 spiro atoms. The van der Waals surface area contributed by atoms with Crippen molar-refractivity contribution in [3.05, 3.63) is 42.1 Å². The van der Waals surface area contributed by atoms with E-state index in [4.69, 9.17) is 0 Å². The molecule has 0 unspecified atom stereocenters. The number of halogens is 2. The van der Waals surface area contributed by atoms with Gasteiger partial charge in [0.25, 0.3) is 0 Å². The number of nitrogens with one attached hydrogen (secondary N) is 1. The first-order valence-corrected chi connectivity index (χ1v) is 5.88. The zero-order valence-corrected chi connectivity index (χ0v) is 10.7. The lowest BCUT2D eigenvalue weighted by atomic mass is 10.3. The van der Waals surface area contributed by atoms with E-state index in [1.165, 1.54) is 11.0 Å². The lowest BCUT2D eigenvalue weighted by molar-refractivity contribution is 0.607. The van der Waals surface area contributed by atoms with Gasteiger partial charge in [0.05, 0.1) is 11.9 Å². The first-order chi connectivity index (χ1) is 9.13. The molecule has 2 rings (SSSR count). The largest absolute Gasteiger partial charge is 0.354 e. The van der Waals surface area contributed by atoms with Crippen molar-refractivity contribution in [1.82, 2.24) is 9.97 Å². The van der Waals surface area contributed by atoms with Gasteiger partial charge in [0, 0.05) is 13.6 Å². The second kappa shape index (κ2) is 5.60. The Balaban J connectivity index is 2.40. The van der Waals surface area contributed by atoms with Crippen LogP contribution in [0.3, 0.4) is 0 Å². The fourth-order valence-corrected chi connectivity index (χ4v) is 1.67. The maximum atomic E-state index is 13.8. The zero-order chi connectivity index (χ0) is 13.8. The van der Waals surface area contributed by atoms with Crippen molar-refractivity contribution in [2.45, 2.75) is 6.92 Å². The van der Waals surface area contributed by atoms with Crippen LogP contribution in [0.15, 0.2) is 30.5 Å². The van der Waals surface area contributed by atoms with Crippen LogP contribution in [0.25, 0.3) is 0 Å². The normalized spacial score (nSPS) is 10.3. The van der Waals surface area contributed by atoms with Crippen molar-refractivity contribution in [3.8, 4) is 0 Å². The molecule has 0 aliphatic heterocycles. The van der Waals surface area contributed by atoms with Gasteiger partial charge in [-0.25, -0.2) is 13.8 Å². The number of benzene rings is 1. The SMILES string of the molecule is CCNc1ncc(F)c(N(C)c2ccccc2F)n1. The summed E-state index contributed by atoms with van der Waals surface area (Å²) >= 11 is 0. The predicted octanol–water partition coefficient (Wildman–Crippen LogP) is 2.95. The molecule has 19 heavy (non-hydrogen) atoms. The second-order valence-electron chi connectivity index (χ2n) is 3.91. The van der Waals surface area contributed by atoms with Crippen molar-refractivity contribution in [3.63, 3.8) is 0 Å². The molecule has 0 bridgehead atoms. The Morgan fingerprint density at radius 3 is 2.63 bits per heavy atom. The van der Waals surface area contributed by atoms with Crippen molar-refractivity contribution in [2.24, 2.45) is 0 Å². The highest BCUT2D eigenvalue weighted by molar-refractivity contribution is 5.60. The lowest BCUT2D eigenvalue weighted by Crippen LogP contribution is -2.16. The molecular formula is C13H14F2N4. The number of hydrogen-bond acceptors (Lipinski definition) is 4. The Labute approximate surface area is 110 Å². The van der Waals surface area contributed by atoms with Crippen LogP contribution in [-0.2, 0) is 0 Å². The molecule has 6 heteroatoms. The van der Waals surface area contributed by atoms with Gasteiger partial charge in [0.1, 0.15) is 5.82 Å². The molecule has 0 radical (unpaired) electrons. The van der Waals surface area contributed by atoms with Crippen LogP contribution in [0, 0.1) is 11.6 Å². The van der Waals surface area contributed by atoms with Crippen LogP contribution < -0.4 is 10.2 Å². The quantitative estimate of drug-likeness (QED) is 0.921. The highest BCUT2D eigenvalue weighted by atomic mass is 19.1. The zero-order valence-electron chi connectivity index (χ0n) is 10.7. The van der Waals surface area contributed by atoms with E-state index in [9.17, 15) is 8.78 Å². The number of rotatable bonds is 4. The molecule has 100 valence electrons. The summed E-state index contributed by atoms with van der Waals surface area (Å²) in [6, 6.07) is 6.13. The molecule has 2 aromatic rings. The summed E-state index contributed by atoms with van der Waals surface area (Å²) in [7, 11) is 1.56. The van der Waals surface area contributed by atoms with E-state index in [-0.39, 0.29) is 11.5 Å². The van der Waals surface area contributed by atoms with Gasteiger partial charge in [0.15, 0.2) is 11.6 Å². The first kappa shape index (κ1) is 13.2. The molecular weight excluding hydrogens is 250 g/mol. The molecule has 1 aromatic carbocycles. The minimum atomic E-state index is -0.604. The van der Waals surface area contributed by atoms with Gasteiger partial charge in [-0.1, -0.05) is 12.1 Å². The summed E-state index contributed by atoms with van der Waals surface area (Å²) < 4.78 is 27.4. The molecule has 0 aliphatic rings. The topological polar surface area (TPSA) is 41.1 Å². The Kier molecular flexibility index (Phi) is 3.89. The minimum absolute atomic E-state index is 0.0241. The van der Waals surface area contributed by atoms with Crippen LogP contribution in [0.2, 0.25) is 0 Å². The molecule has 0 fully saturated rings. The molecule has 0 saturated heterocycles. The Bertz CT molecular complexity index is 574. The third kappa shape index (κ3) is 2.78. The molecule has 1 aromatic heterocycles.